The van der Waals surface area contributed by atoms with Crippen molar-refractivity contribution in [1.82, 2.24) is 9.97 Å². The van der Waals surface area contributed by atoms with Gasteiger partial charge in [-0.05, 0) is 74.1 Å². The molecule has 0 spiro atoms. The molecule has 0 amide bonds. The highest BCUT2D eigenvalue weighted by atomic mass is 19.1. The van der Waals surface area contributed by atoms with Crippen LogP contribution in [0.3, 0.4) is 0 Å². The van der Waals surface area contributed by atoms with Crippen LogP contribution in [0.4, 0.5) is 10.2 Å². The van der Waals surface area contributed by atoms with E-state index in [9.17, 15) is 14.3 Å². The Morgan fingerprint density at radius 1 is 1.10 bits per heavy atom. The van der Waals surface area contributed by atoms with Crippen molar-refractivity contribution in [2.75, 3.05) is 19.0 Å². The van der Waals surface area contributed by atoms with Gasteiger partial charge in [0.2, 0.25) is 0 Å². The first-order chi connectivity index (χ1) is 14.5. The molecule has 4 rings (SSSR count). The number of esters is 1. The highest BCUT2D eigenvalue weighted by Crippen LogP contribution is 2.30. The highest BCUT2D eigenvalue weighted by molar-refractivity contribution is 5.94. The van der Waals surface area contributed by atoms with Crippen LogP contribution in [-0.4, -0.2) is 40.8 Å². The second-order valence-electron chi connectivity index (χ2n) is 7.68. The molecule has 2 N–H and O–H groups in total. The molecule has 1 aliphatic carbocycles. The van der Waals surface area contributed by atoms with Gasteiger partial charge in [-0.3, -0.25) is 0 Å². The number of carbonyl (C=O) groups excluding carboxylic acids is 1. The third kappa shape index (κ3) is 4.41. The standard InChI is InChI=1S/C23H24FN3O3/c1-30-23(29)16-6-11-19-20(12-16)27-22(25-13-14-2-9-18(28)10-3-14)21(26-19)15-4-7-17(24)8-5-15/h4-8,11-12,14,18,28H,2-3,9-10,13H2,1H3,(H,25,27). The molecule has 1 aromatic heterocycles. The molecule has 1 saturated carbocycles. The number of methoxy groups -OCH3 is 1. The van der Waals surface area contributed by atoms with Crippen molar-refractivity contribution in [2.24, 2.45) is 5.92 Å². The lowest BCUT2D eigenvalue weighted by atomic mass is 9.87. The molecule has 1 heterocycles. The summed E-state index contributed by atoms with van der Waals surface area (Å²) in [7, 11) is 1.34. The number of hydrogen-bond donors (Lipinski definition) is 2. The van der Waals surface area contributed by atoms with E-state index in [-0.39, 0.29) is 11.9 Å². The second kappa shape index (κ2) is 8.75. The van der Waals surface area contributed by atoms with Gasteiger partial charge in [0.05, 0.1) is 29.8 Å². The van der Waals surface area contributed by atoms with Gasteiger partial charge in [0, 0.05) is 12.1 Å². The highest BCUT2D eigenvalue weighted by Gasteiger charge is 2.20. The second-order valence-corrected chi connectivity index (χ2v) is 7.68. The van der Waals surface area contributed by atoms with Gasteiger partial charge in [0.15, 0.2) is 5.82 Å². The number of fused-ring (bicyclic) bond motifs is 1. The summed E-state index contributed by atoms with van der Waals surface area (Å²) in [6.45, 7) is 0.706. The minimum absolute atomic E-state index is 0.201. The summed E-state index contributed by atoms with van der Waals surface area (Å²) in [6, 6.07) is 11.2. The van der Waals surface area contributed by atoms with Gasteiger partial charge in [-0.2, -0.15) is 0 Å². The number of hydrogen-bond acceptors (Lipinski definition) is 6. The molecule has 0 atom stereocenters. The summed E-state index contributed by atoms with van der Waals surface area (Å²) in [5.74, 6) is 0.276. The van der Waals surface area contributed by atoms with Crippen molar-refractivity contribution < 1.29 is 19.0 Å². The van der Waals surface area contributed by atoms with Crippen LogP contribution in [-0.2, 0) is 4.74 Å². The predicted molar refractivity (Wildman–Crippen MR) is 113 cm³/mol. The van der Waals surface area contributed by atoms with E-state index < -0.39 is 5.97 Å². The maximum Gasteiger partial charge on any atom is 0.337 e. The van der Waals surface area contributed by atoms with E-state index in [1.807, 2.05) is 0 Å². The van der Waals surface area contributed by atoms with E-state index >= 15 is 0 Å². The fraction of sp³-hybridized carbons (Fsp3) is 0.348. The van der Waals surface area contributed by atoms with Gasteiger partial charge in [0.1, 0.15) is 11.5 Å². The fourth-order valence-electron chi connectivity index (χ4n) is 3.82. The molecule has 0 radical (unpaired) electrons. The summed E-state index contributed by atoms with van der Waals surface area (Å²) in [6.07, 6.45) is 3.32. The zero-order valence-corrected chi connectivity index (χ0v) is 16.8. The minimum atomic E-state index is -0.434. The van der Waals surface area contributed by atoms with Gasteiger partial charge < -0.3 is 15.2 Å². The van der Waals surface area contributed by atoms with Crippen molar-refractivity contribution >= 4 is 22.8 Å². The van der Waals surface area contributed by atoms with Crippen molar-refractivity contribution in [3.8, 4) is 11.3 Å². The zero-order valence-electron chi connectivity index (χ0n) is 16.8. The Bertz CT molecular complexity index is 1050. The number of carbonyl (C=O) groups is 1. The summed E-state index contributed by atoms with van der Waals surface area (Å²) in [5.41, 5.74) is 2.99. The maximum atomic E-state index is 13.4. The molecule has 0 aliphatic heterocycles. The average Bonchev–Trinajstić information content (AvgIpc) is 2.77. The third-order valence-corrected chi connectivity index (χ3v) is 5.58. The number of aromatic nitrogens is 2. The number of aliphatic hydroxyl groups excluding tert-OH is 1. The Hall–Kier alpha value is -3.06. The molecule has 0 bridgehead atoms. The van der Waals surface area contributed by atoms with Crippen LogP contribution in [0.15, 0.2) is 42.5 Å². The summed E-state index contributed by atoms with van der Waals surface area (Å²) in [4.78, 5) is 21.3. The van der Waals surface area contributed by atoms with Crippen LogP contribution >= 0.6 is 0 Å². The monoisotopic (exact) mass is 409 g/mol. The Kier molecular flexibility index (Phi) is 5.90. The first kappa shape index (κ1) is 20.2. The molecule has 7 heteroatoms. The summed E-state index contributed by atoms with van der Waals surface area (Å²) in [5, 5.41) is 13.1. The summed E-state index contributed by atoms with van der Waals surface area (Å²) < 4.78 is 18.2. The Morgan fingerprint density at radius 2 is 1.83 bits per heavy atom. The van der Waals surface area contributed by atoms with E-state index in [2.05, 4.69) is 5.32 Å². The lowest BCUT2D eigenvalue weighted by Gasteiger charge is -2.26. The number of benzene rings is 2. The molecular weight excluding hydrogens is 385 g/mol. The SMILES string of the molecule is COC(=O)c1ccc2nc(-c3ccc(F)cc3)c(NCC3CCC(O)CC3)nc2c1. The van der Waals surface area contributed by atoms with Crippen molar-refractivity contribution in [1.29, 1.82) is 0 Å². The van der Waals surface area contributed by atoms with E-state index in [1.165, 1.54) is 19.2 Å². The smallest absolute Gasteiger partial charge is 0.337 e. The van der Waals surface area contributed by atoms with Crippen LogP contribution in [0.2, 0.25) is 0 Å². The molecule has 0 saturated heterocycles. The average molecular weight is 409 g/mol. The summed E-state index contributed by atoms with van der Waals surface area (Å²) >= 11 is 0. The van der Waals surface area contributed by atoms with Gasteiger partial charge in [-0.15, -0.1) is 0 Å². The Labute approximate surface area is 174 Å². The number of halogens is 1. The molecule has 1 fully saturated rings. The minimum Gasteiger partial charge on any atom is -0.465 e. The lowest BCUT2D eigenvalue weighted by molar-refractivity contribution is 0.0601. The van der Waals surface area contributed by atoms with Gasteiger partial charge in [0.25, 0.3) is 0 Å². The third-order valence-electron chi connectivity index (χ3n) is 5.58. The Morgan fingerprint density at radius 3 is 2.53 bits per heavy atom. The van der Waals surface area contributed by atoms with Crippen LogP contribution in [0, 0.1) is 11.7 Å². The molecule has 30 heavy (non-hydrogen) atoms. The van der Waals surface area contributed by atoms with E-state index in [4.69, 9.17) is 14.7 Å². The van der Waals surface area contributed by atoms with Crippen molar-refractivity contribution in [3.63, 3.8) is 0 Å². The molecule has 156 valence electrons. The van der Waals surface area contributed by atoms with Gasteiger partial charge in [-0.1, -0.05) is 0 Å². The number of nitrogens with zero attached hydrogens (tertiary/aromatic N) is 2. The number of nitrogens with one attached hydrogen (secondary N) is 1. The molecule has 0 unspecified atom stereocenters. The van der Waals surface area contributed by atoms with Crippen LogP contribution < -0.4 is 5.32 Å². The van der Waals surface area contributed by atoms with Crippen LogP contribution in [0.5, 0.6) is 0 Å². The van der Waals surface area contributed by atoms with Crippen LogP contribution in [0.25, 0.3) is 22.3 Å². The molecule has 3 aromatic rings. The van der Waals surface area contributed by atoms with Gasteiger partial charge in [-0.25, -0.2) is 19.2 Å². The normalized spacial score (nSPS) is 18.9. The molecular formula is C23H24FN3O3. The lowest BCUT2D eigenvalue weighted by Crippen LogP contribution is -2.24. The molecule has 2 aromatic carbocycles. The Balaban J connectivity index is 1.70. The first-order valence-corrected chi connectivity index (χ1v) is 10.1. The fourth-order valence-corrected chi connectivity index (χ4v) is 3.82. The van der Waals surface area contributed by atoms with Gasteiger partial charge >= 0.3 is 5.97 Å². The topological polar surface area (TPSA) is 84.3 Å². The van der Waals surface area contributed by atoms with E-state index in [0.717, 1.165) is 31.2 Å². The van der Waals surface area contributed by atoms with Crippen LogP contribution in [0.1, 0.15) is 36.0 Å². The maximum absolute atomic E-state index is 13.4. The zero-order chi connectivity index (χ0) is 21.1. The van der Waals surface area contributed by atoms with Crippen molar-refractivity contribution in [3.05, 3.63) is 53.8 Å². The quantitative estimate of drug-likeness (QED) is 0.615. The first-order valence-electron chi connectivity index (χ1n) is 10.1. The number of ether oxygens (including phenoxy) is 1. The number of aliphatic hydroxyl groups is 1. The van der Waals surface area contributed by atoms with E-state index in [1.54, 1.807) is 30.3 Å². The molecule has 1 aliphatic rings. The van der Waals surface area contributed by atoms with Crippen molar-refractivity contribution in [2.45, 2.75) is 31.8 Å². The largest absolute Gasteiger partial charge is 0.465 e. The number of rotatable bonds is 5. The molecule has 6 nitrogen and oxygen atoms in total. The van der Waals surface area contributed by atoms with E-state index in [0.29, 0.717) is 40.6 Å². The number of anilines is 1. The predicted octanol–water partition coefficient (Wildman–Crippen LogP) is 4.19.